The second-order valence-electron chi connectivity index (χ2n) is 4.86. The molecule has 6 nitrogen and oxygen atoms in total. The second kappa shape index (κ2) is 6.56. The first-order chi connectivity index (χ1) is 9.67. The van der Waals surface area contributed by atoms with Crippen molar-refractivity contribution in [3.8, 4) is 5.75 Å². The third-order valence-corrected chi connectivity index (χ3v) is 3.70. The molecular weight excluding hydrogens is 260 g/mol. The summed E-state index contributed by atoms with van der Waals surface area (Å²) in [5.41, 5.74) is 0.484. The van der Waals surface area contributed by atoms with Gasteiger partial charge in [-0.25, -0.2) is 0 Å². The lowest BCUT2D eigenvalue weighted by atomic mass is 9.99. The Bertz CT molecular complexity index is 478. The van der Waals surface area contributed by atoms with Gasteiger partial charge in [0.15, 0.2) is 5.75 Å². The first-order valence-electron chi connectivity index (χ1n) is 6.84. The molecule has 2 unspecified atom stereocenters. The molecule has 6 heteroatoms. The highest BCUT2D eigenvalue weighted by molar-refractivity contribution is 5.68. The average Bonchev–Trinajstić information content (AvgIpc) is 2.91. The van der Waals surface area contributed by atoms with Crippen molar-refractivity contribution in [1.29, 1.82) is 0 Å². The lowest BCUT2D eigenvalue weighted by molar-refractivity contribution is -0.384. The smallest absolute Gasteiger partial charge is 0.333 e. The number of hydrogen-bond acceptors (Lipinski definition) is 5. The van der Waals surface area contributed by atoms with Crippen LogP contribution in [0.25, 0.3) is 0 Å². The van der Waals surface area contributed by atoms with Crippen molar-refractivity contribution in [2.75, 3.05) is 25.6 Å². The molecule has 1 heterocycles. The fourth-order valence-corrected chi connectivity index (χ4v) is 2.64. The largest absolute Gasteiger partial charge is 0.490 e. The molecule has 20 heavy (non-hydrogen) atoms. The Morgan fingerprint density at radius 3 is 3.00 bits per heavy atom. The predicted octanol–water partition coefficient (Wildman–Crippen LogP) is 2.83. The van der Waals surface area contributed by atoms with Gasteiger partial charge in [-0.05, 0) is 25.0 Å². The van der Waals surface area contributed by atoms with E-state index in [4.69, 9.17) is 9.47 Å². The van der Waals surface area contributed by atoms with E-state index >= 15 is 0 Å². The summed E-state index contributed by atoms with van der Waals surface area (Å²) in [5.74, 6) is 0.667. The minimum atomic E-state index is -0.413. The van der Waals surface area contributed by atoms with Crippen LogP contribution in [0.2, 0.25) is 0 Å². The number of para-hydroxylation sites is 1. The fraction of sp³-hybridized carbons (Fsp3) is 0.571. The molecule has 0 aromatic heterocycles. The van der Waals surface area contributed by atoms with Crippen molar-refractivity contribution in [2.24, 2.45) is 5.92 Å². The molecule has 1 aliphatic heterocycles. The van der Waals surface area contributed by atoms with Crippen molar-refractivity contribution < 1.29 is 14.4 Å². The van der Waals surface area contributed by atoms with Gasteiger partial charge in [0.05, 0.1) is 18.1 Å². The quantitative estimate of drug-likeness (QED) is 0.640. The summed E-state index contributed by atoms with van der Waals surface area (Å²) in [5, 5.41) is 14.4. The first kappa shape index (κ1) is 14.6. The van der Waals surface area contributed by atoms with Crippen LogP contribution in [-0.2, 0) is 4.74 Å². The monoisotopic (exact) mass is 280 g/mol. The van der Waals surface area contributed by atoms with Crippen LogP contribution in [0.4, 0.5) is 11.4 Å². The summed E-state index contributed by atoms with van der Waals surface area (Å²) in [6.07, 6.45) is 2.20. The minimum absolute atomic E-state index is 0.0121. The number of benzene rings is 1. The number of nitrogens with zero attached hydrogens (tertiary/aromatic N) is 1. The number of rotatable bonds is 6. The zero-order chi connectivity index (χ0) is 14.5. The van der Waals surface area contributed by atoms with E-state index in [0.29, 0.717) is 18.2 Å². The van der Waals surface area contributed by atoms with Gasteiger partial charge >= 0.3 is 5.69 Å². The molecule has 2 atom stereocenters. The van der Waals surface area contributed by atoms with Crippen LogP contribution in [0.15, 0.2) is 18.2 Å². The number of nitro benzene ring substituents is 1. The zero-order valence-corrected chi connectivity index (χ0v) is 11.8. The molecule has 1 aliphatic rings. The third kappa shape index (κ3) is 3.01. The Kier molecular flexibility index (Phi) is 4.79. The maximum atomic E-state index is 11.2. The van der Waals surface area contributed by atoms with Gasteiger partial charge in [0, 0.05) is 19.1 Å². The number of ether oxygens (including phenoxy) is 2. The van der Waals surface area contributed by atoms with E-state index in [1.165, 1.54) is 7.11 Å². The van der Waals surface area contributed by atoms with Crippen LogP contribution in [-0.4, -0.2) is 31.3 Å². The molecule has 0 spiro atoms. The standard InChI is InChI=1S/C14H20N2O4/c1-3-12-10(7-8-20-12)9-15-11-5-4-6-13(19-2)14(11)16(17)18/h4-6,10,12,15H,3,7-9H2,1-2H3. The maximum absolute atomic E-state index is 11.2. The van der Waals surface area contributed by atoms with Crippen molar-refractivity contribution in [3.63, 3.8) is 0 Å². The van der Waals surface area contributed by atoms with Crippen LogP contribution >= 0.6 is 0 Å². The number of nitrogens with one attached hydrogen (secondary N) is 1. The summed E-state index contributed by atoms with van der Waals surface area (Å²) in [6, 6.07) is 5.05. The molecule has 110 valence electrons. The Morgan fingerprint density at radius 1 is 1.55 bits per heavy atom. The van der Waals surface area contributed by atoms with Crippen molar-refractivity contribution in [1.82, 2.24) is 0 Å². The van der Waals surface area contributed by atoms with E-state index < -0.39 is 4.92 Å². The van der Waals surface area contributed by atoms with Crippen molar-refractivity contribution >= 4 is 11.4 Å². The van der Waals surface area contributed by atoms with E-state index in [1.54, 1.807) is 18.2 Å². The van der Waals surface area contributed by atoms with Crippen LogP contribution in [0.5, 0.6) is 5.75 Å². The highest BCUT2D eigenvalue weighted by atomic mass is 16.6. The summed E-state index contributed by atoms with van der Waals surface area (Å²) >= 11 is 0. The van der Waals surface area contributed by atoms with Crippen molar-refractivity contribution in [3.05, 3.63) is 28.3 Å². The van der Waals surface area contributed by atoms with E-state index in [9.17, 15) is 10.1 Å². The fourth-order valence-electron chi connectivity index (χ4n) is 2.64. The van der Waals surface area contributed by atoms with Crippen LogP contribution in [0, 0.1) is 16.0 Å². The summed E-state index contributed by atoms with van der Waals surface area (Å²) in [7, 11) is 1.43. The SMILES string of the molecule is CCC1OCCC1CNc1cccc(OC)c1[N+](=O)[O-]. The lowest BCUT2D eigenvalue weighted by Crippen LogP contribution is -2.23. The molecule has 1 N–H and O–H groups in total. The molecule has 2 rings (SSSR count). The molecule has 0 amide bonds. The Labute approximate surface area is 118 Å². The van der Waals surface area contributed by atoms with Gasteiger partial charge in [-0.3, -0.25) is 10.1 Å². The molecule has 1 aromatic rings. The van der Waals surface area contributed by atoms with Gasteiger partial charge in [0.2, 0.25) is 0 Å². The summed E-state index contributed by atoms with van der Waals surface area (Å²) < 4.78 is 10.7. The second-order valence-corrected chi connectivity index (χ2v) is 4.86. The normalized spacial score (nSPS) is 21.7. The maximum Gasteiger partial charge on any atom is 0.333 e. The highest BCUT2D eigenvalue weighted by Gasteiger charge is 2.27. The lowest BCUT2D eigenvalue weighted by Gasteiger charge is -2.18. The van der Waals surface area contributed by atoms with E-state index in [2.05, 4.69) is 12.2 Å². The topological polar surface area (TPSA) is 73.6 Å². The van der Waals surface area contributed by atoms with Gasteiger partial charge in [-0.2, -0.15) is 0 Å². The van der Waals surface area contributed by atoms with E-state index in [-0.39, 0.29) is 17.5 Å². The van der Waals surface area contributed by atoms with Crippen LogP contribution < -0.4 is 10.1 Å². The first-order valence-corrected chi connectivity index (χ1v) is 6.84. The van der Waals surface area contributed by atoms with Gasteiger partial charge in [-0.1, -0.05) is 13.0 Å². The van der Waals surface area contributed by atoms with Gasteiger partial charge < -0.3 is 14.8 Å². The van der Waals surface area contributed by atoms with Gasteiger partial charge in [-0.15, -0.1) is 0 Å². The Morgan fingerprint density at radius 2 is 2.35 bits per heavy atom. The number of anilines is 1. The van der Waals surface area contributed by atoms with Crippen LogP contribution in [0.1, 0.15) is 19.8 Å². The minimum Gasteiger partial charge on any atom is -0.490 e. The van der Waals surface area contributed by atoms with E-state index in [0.717, 1.165) is 19.4 Å². The number of methoxy groups -OCH3 is 1. The number of hydrogen-bond donors (Lipinski definition) is 1. The van der Waals surface area contributed by atoms with Gasteiger partial charge in [0.25, 0.3) is 0 Å². The molecule has 1 saturated heterocycles. The molecule has 1 fully saturated rings. The summed E-state index contributed by atoms with van der Waals surface area (Å²) in [6.45, 7) is 3.54. The highest BCUT2D eigenvalue weighted by Crippen LogP contribution is 2.35. The molecular formula is C14H20N2O4. The predicted molar refractivity (Wildman–Crippen MR) is 76.3 cm³/mol. The Balaban J connectivity index is 2.11. The summed E-state index contributed by atoms with van der Waals surface area (Å²) in [4.78, 5) is 10.8. The number of nitro groups is 1. The van der Waals surface area contributed by atoms with E-state index in [1.807, 2.05) is 0 Å². The zero-order valence-electron chi connectivity index (χ0n) is 11.8. The molecule has 1 aromatic carbocycles. The van der Waals surface area contributed by atoms with Crippen LogP contribution in [0.3, 0.4) is 0 Å². The van der Waals surface area contributed by atoms with Gasteiger partial charge in [0.1, 0.15) is 5.69 Å². The molecule has 0 bridgehead atoms. The average molecular weight is 280 g/mol. The molecule has 0 radical (unpaired) electrons. The van der Waals surface area contributed by atoms with Crippen molar-refractivity contribution in [2.45, 2.75) is 25.9 Å². The molecule has 0 aliphatic carbocycles. The molecule has 0 saturated carbocycles. The Hall–Kier alpha value is -1.82. The third-order valence-electron chi connectivity index (χ3n) is 3.70.